The molecule has 6 aliphatic heterocycles. The molecule has 6 rings (SSSR count). The van der Waals surface area contributed by atoms with Crippen molar-refractivity contribution in [2.24, 2.45) is 0 Å². The molecule has 6 saturated heterocycles. The van der Waals surface area contributed by atoms with Gasteiger partial charge in [-0.05, 0) is 25.7 Å². The van der Waals surface area contributed by atoms with E-state index in [4.69, 9.17) is 0 Å². The number of quaternary nitrogens is 4. The van der Waals surface area contributed by atoms with Crippen LogP contribution in [0.1, 0.15) is 194 Å². The average Bonchev–Trinajstić information content (AvgIpc) is 3.16. The van der Waals surface area contributed by atoms with E-state index in [1.165, 1.54) is 289 Å². The molecule has 6 fully saturated rings. The molecule has 9 heteroatoms. The summed E-state index contributed by atoms with van der Waals surface area (Å²) in [6, 6.07) is 0. The Hall–Kier alpha value is 0.960. The highest BCUT2D eigenvalue weighted by atomic mass is 35.5. The lowest BCUT2D eigenvalue weighted by molar-refractivity contribution is -1.09. The van der Waals surface area contributed by atoms with Gasteiger partial charge in [-0.15, -0.1) is 0 Å². The fourth-order valence-electron chi connectivity index (χ4n) is 11.3. The monoisotopic (exact) mass is 873 g/mol. The number of aliphatic hydroxyl groups is 1. The summed E-state index contributed by atoms with van der Waals surface area (Å²) in [6.45, 7) is 25.8. The Balaban J connectivity index is 0.00000756. The summed E-state index contributed by atoms with van der Waals surface area (Å²) in [5.41, 5.74) is 0. The highest BCUT2D eigenvalue weighted by molar-refractivity contribution is 4.69. The number of hydrogen-bond donors (Lipinski definition) is 1. The number of unbranched alkanes of at least 4 members (excludes halogenated alkanes) is 26. The van der Waals surface area contributed by atoms with Crippen molar-refractivity contribution in [3.8, 4) is 0 Å². The first-order chi connectivity index (χ1) is 25.5. The second kappa shape index (κ2) is 32.6. The third kappa shape index (κ3) is 21.2. The Kier molecular flexibility index (Phi) is 33.2. The molecule has 6 aliphatic rings. The third-order valence-electron chi connectivity index (χ3n) is 15.5. The van der Waals surface area contributed by atoms with Gasteiger partial charge in [0.2, 0.25) is 0 Å². The standard InChI is InChI=1S/C47H96N4O.4ClH/c1-3-5-7-9-11-13-15-17-19-21-23-25-27-29-31-48-33-39-50(40-34-48,41-35-48)45-47(52)46-51-42-36-49(37-43-51,38-44-51)32-30-28-26-24-22-20-18-16-14-12-10-8-6-4-2;;;;/h47,52H,3-46H2,1-2H3;4*1H/q+4;;;;/p-4. The number of aliphatic hydroxyl groups excluding tert-OH is 1. The SMILES string of the molecule is CCCCCCCCCCCCCCCC[N+]12CC[N+](CC(O)C[N+]34CC[N+](CCCCCCCCCCCCCCCC)(CC3)CC4)(CC1)CC2.[Cl-].[Cl-].[Cl-].[Cl-]. The Bertz CT molecular complexity index is 794. The first-order valence-electron chi connectivity index (χ1n) is 24.5. The zero-order valence-corrected chi connectivity index (χ0v) is 40.5. The van der Waals surface area contributed by atoms with Gasteiger partial charge in [0.15, 0.2) is 6.10 Å². The van der Waals surface area contributed by atoms with E-state index in [2.05, 4.69) is 13.8 Å². The van der Waals surface area contributed by atoms with Crippen LogP contribution in [-0.4, -0.2) is 134 Å². The fourth-order valence-corrected chi connectivity index (χ4v) is 11.3. The summed E-state index contributed by atoms with van der Waals surface area (Å²) in [5, 5.41) is 11.6. The summed E-state index contributed by atoms with van der Waals surface area (Å²) in [5.74, 6) is 0. The van der Waals surface area contributed by atoms with Gasteiger partial charge in [0.1, 0.15) is 91.6 Å². The molecule has 0 unspecified atom stereocenters. The van der Waals surface area contributed by atoms with E-state index in [1.54, 1.807) is 0 Å². The molecule has 0 aromatic carbocycles. The quantitative estimate of drug-likeness (QED) is 0.0628. The maximum Gasteiger partial charge on any atom is 0.152 e. The Labute approximate surface area is 375 Å². The second-order valence-corrected chi connectivity index (χ2v) is 19.7. The van der Waals surface area contributed by atoms with E-state index >= 15 is 0 Å². The molecule has 338 valence electrons. The summed E-state index contributed by atoms with van der Waals surface area (Å²) in [7, 11) is 0. The molecule has 0 amide bonds. The first kappa shape index (κ1) is 57.0. The topological polar surface area (TPSA) is 20.2 Å². The van der Waals surface area contributed by atoms with Gasteiger partial charge in [0.25, 0.3) is 0 Å². The van der Waals surface area contributed by atoms with Crippen LogP contribution < -0.4 is 49.6 Å². The molecule has 6 heterocycles. The molecular formula is C47H96Cl4N4O. The molecule has 0 spiro atoms. The minimum Gasteiger partial charge on any atom is -1.00 e. The minimum atomic E-state index is -0.104. The maximum atomic E-state index is 11.6. The smallest absolute Gasteiger partial charge is 0.152 e. The van der Waals surface area contributed by atoms with Crippen molar-refractivity contribution in [2.75, 3.05) is 105 Å². The number of piperazine rings is 6. The van der Waals surface area contributed by atoms with Crippen molar-refractivity contribution in [1.82, 2.24) is 0 Å². The Morgan fingerprint density at radius 1 is 0.286 bits per heavy atom. The predicted octanol–water partition coefficient (Wildman–Crippen LogP) is -1.35. The van der Waals surface area contributed by atoms with E-state index in [-0.39, 0.29) is 55.7 Å². The second-order valence-electron chi connectivity index (χ2n) is 19.7. The normalized spacial score (nSPS) is 26.8. The Morgan fingerprint density at radius 3 is 0.679 bits per heavy atom. The molecule has 0 aromatic rings. The van der Waals surface area contributed by atoms with E-state index in [0.29, 0.717) is 0 Å². The van der Waals surface area contributed by atoms with E-state index in [1.807, 2.05) is 0 Å². The zero-order valence-electron chi connectivity index (χ0n) is 37.4. The van der Waals surface area contributed by atoms with Gasteiger partial charge < -0.3 is 72.7 Å². The summed E-state index contributed by atoms with van der Waals surface area (Å²) >= 11 is 0. The largest absolute Gasteiger partial charge is 1.00 e. The van der Waals surface area contributed by atoms with Gasteiger partial charge in [0.05, 0.1) is 13.1 Å². The summed E-state index contributed by atoms with van der Waals surface area (Å²) in [4.78, 5) is 0. The van der Waals surface area contributed by atoms with Crippen LogP contribution in [0.15, 0.2) is 0 Å². The van der Waals surface area contributed by atoms with Crippen LogP contribution in [0.5, 0.6) is 0 Å². The van der Waals surface area contributed by atoms with E-state index in [0.717, 1.165) is 13.1 Å². The molecule has 0 saturated carbocycles. The maximum absolute atomic E-state index is 11.6. The molecule has 0 radical (unpaired) electrons. The van der Waals surface area contributed by atoms with Crippen LogP contribution in [0.25, 0.3) is 0 Å². The highest BCUT2D eigenvalue weighted by Gasteiger charge is 2.52. The lowest BCUT2D eigenvalue weighted by atomic mass is 10.0. The third-order valence-corrected chi connectivity index (χ3v) is 15.5. The number of fused-ring (bicyclic) bond motifs is 6. The van der Waals surface area contributed by atoms with Crippen molar-refractivity contribution >= 4 is 0 Å². The minimum absolute atomic E-state index is 0. The van der Waals surface area contributed by atoms with Crippen LogP contribution in [-0.2, 0) is 0 Å². The van der Waals surface area contributed by atoms with Crippen LogP contribution in [0.2, 0.25) is 0 Å². The van der Waals surface area contributed by atoms with Crippen molar-refractivity contribution in [1.29, 1.82) is 0 Å². The van der Waals surface area contributed by atoms with Crippen molar-refractivity contribution < 1.29 is 72.7 Å². The highest BCUT2D eigenvalue weighted by Crippen LogP contribution is 2.31. The molecule has 0 aromatic heterocycles. The van der Waals surface area contributed by atoms with E-state index < -0.39 is 0 Å². The van der Waals surface area contributed by atoms with Crippen LogP contribution in [0.4, 0.5) is 0 Å². The van der Waals surface area contributed by atoms with E-state index in [9.17, 15) is 5.11 Å². The molecule has 1 N–H and O–H groups in total. The molecule has 5 nitrogen and oxygen atoms in total. The van der Waals surface area contributed by atoms with Crippen LogP contribution in [0.3, 0.4) is 0 Å². The molecule has 4 bridgehead atoms. The number of rotatable bonds is 34. The average molecular weight is 875 g/mol. The molecule has 0 aliphatic carbocycles. The van der Waals surface area contributed by atoms with Gasteiger partial charge in [-0.3, -0.25) is 0 Å². The molecular weight excluding hydrogens is 778 g/mol. The first-order valence-corrected chi connectivity index (χ1v) is 24.5. The van der Waals surface area contributed by atoms with Gasteiger partial charge in [-0.2, -0.15) is 0 Å². The van der Waals surface area contributed by atoms with Crippen LogP contribution in [0, 0.1) is 0 Å². The molecule has 56 heavy (non-hydrogen) atoms. The van der Waals surface area contributed by atoms with Gasteiger partial charge >= 0.3 is 0 Å². The van der Waals surface area contributed by atoms with Crippen molar-refractivity contribution in [2.45, 2.75) is 200 Å². The summed E-state index contributed by atoms with van der Waals surface area (Å²) in [6.07, 6.45) is 40.7. The van der Waals surface area contributed by atoms with Crippen molar-refractivity contribution in [3.05, 3.63) is 0 Å². The molecule has 0 atom stereocenters. The van der Waals surface area contributed by atoms with Crippen LogP contribution >= 0.6 is 0 Å². The predicted molar refractivity (Wildman–Crippen MR) is 226 cm³/mol. The lowest BCUT2D eigenvalue weighted by Gasteiger charge is -2.57. The Morgan fingerprint density at radius 2 is 0.464 bits per heavy atom. The van der Waals surface area contributed by atoms with Gasteiger partial charge in [0, 0.05) is 0 Å². The summed E-state index contributed by atoms with van der Waals surface area (Å²) < 4.78 is 5.29. The number of nitrogens with zero attached hydrogens (tertiary/aromatic N) is 4. The number of halogens is 4. The fraction of sp³-hybridized carbons (Fsp3) is 1.00. The van der Waals surface area contributed by atoms with Crippen molar-refractivity contribution in [3.63, 3.8) is 0 Å². The zero-order chi connectivity index (χ0) is 36.7. The lowest BCUT2D eigenvalue weighted by Crippen LogP contribution is -3.00. The van der Waals surface area contributed by atoms with Gasteiger partial charge in [-0.1, -0.05) is 168 Å². The van der Waals surface area contributed by atoms with Gasteiger partial charge in [-0.25, -0.2) is 0 Å². The number of hydrogen-bond acceptors (Lipinski definition) is 1.